The van der Waals surface area contributed by atoms with Crippen molar-refractivity contribution in [1.82, 2.24) is 9.88 Å². The fourth-order valence-electron chi connectivity index (χ4n) is 3.90. The molecule has 4 rings (SSSR count). The van der Waals surface area contributed by atoms with Crippen LogP contribution in [-0.2, 0) is 27.3 Å². The summed E-state index contributed by atoms with van der Waals surface area (Å²) in [5.41, 5.74) is 3.40. The predicted octanol–water partition coefficient (Wildman–Crippen LogP) is 4.21. The molecule has 0 spiro atoms. The number of amides is 3. The summed E-state index contributed by atoms with van der Waals surface area (Å²) in [6.45, 7) is 3.10. The van der Waals surface area contributed by atoms with E-state index in [1.54, 1.807) is 37.5 Å². The van der Waals surface area contributed by atoms with Crippen LogP contribution in [-0.4, -0.2) is 41.9 Å². The van der Waals surface area contributed by atoms with Gasteiger partial charge in [0.05, 0.1) is 22.7 Å². The fraction of sp³-hybridized carbons (Fsp3) is 0.240. The molecule has 7 nitrogen and oxygen atoms in total. The molecular weight excluding hydrogens is 438 g/mol. The SMILES string of the molecule is CCc1cccc2c(/C=C3\SC(=O)N(c4ccccc4)C3=O)cn(CC(=O)NCCOC)c12. The molecule has 1 aliphatic heterocycles. The largest absolute Gasteiger partial charge is 0.383 e. The molecule has 1 fully saturated rings. The monoisotopic (exact) mass is 463 g/mol. The zero-order valence-electron chi connectivity index (χ0n) is 18.5. The normalized spacial score (nSPS) is 15.1. The van der Waals surface area contributed by atoms with Crippen molar-refractivity contribution in [1.29, 1.82) is 0 Å². The molecule has 170 valence electrons. The third-order valence-electron chi connectivity index (χ3n) is 5.43. The lowest BCUT2D eigenvalue weighted by atomic mass is 10.1. The van der Waals surface area contributed by atoms with Gasteiger partial charge in [-0.3, -0.25) is 14.4 Å². The second kappa shape index (κ2) is 10.1. The first-order valence-corrected chi connectivity index (χ1v) is 11.5. The van der Waals surface area contributed by atoms with Gasteiger partial charge >= 0.3 is 0 Å². The minimum Gasteiger partial charge on any atom is -0.383 e. The second-order valence-corrected chi connectivity index (χ2v) is 8.57. The molecule has 0 bridgehead atoms. The Hall–Kier alpha value is -3.36. The van der Waals surface area contributed by atoms with Crippen molar-refractivity contribution < 1.29 is 19.1 Å². The van der Waals surface area contributed by atoms with Crippen LogP contribution in [0, 0.1) is 0 Å². The summed E-state index contributed by atoms with van der Waals surface area (Å²) in [5.74, 6) is -0.466. The number of carbonyl (C=O) groups is 3. The number of nitrogens with one attached hydrogen (secondary N) is 1. The van der Waals surface area contributed by atoms with E-state index in [-0.39, 0.29) is 23.6 Å². The predicted molar refractivity (Wildman–Crippen MR) is 131 cm³/mol. The first kappa shape index (κ1) is 22.8. The standard InChI is InChI=1S/C25H25N3O4S/c1-3-17-8-7-11-20-18(15-27(23(17)20)16-22(29)26-12-13-32-2)14-21-24(30)28(25(31)33-21)19-9-5-4-6-10-19/h4-11,14-15H,3,12-13,16H2,1-2H3,(H,26,29)/b21-14-. The number of aryl methyl sites for hydroxylation is 1. The molecule has 0 saturated carbocycles. The number of thioether (sulfide) groups is 1. The lowest BCUT2D eigenvalue weighted by molar-refractivity contribution is -0.121. The van der Waals surface area contributed by atoms with E-state index in [1.807, 2.05) is 35.0 Å². The fourth-order valence-corrected chi connectivity index (χ4v) is 4.73. The number of hydrogen-bond acceptors (Lipinski definition) is 5. The molecular formula is C25H25N3O4S. The van der Waals surface area contributed by atoms with E-state index in [9.17, 15) is 14.4 Å². The van der Waals surface area contributed by atoms with Crippen LogP contribution in [0.1, 0.15) is 18.1 Å². The molecule has 0 unspecified atom stereocenters. The van der Waals surface area contributed by atoms with Crippen LogP contribution < -0.4 is 10.2 Å². The van der Waals surface area contributed by atoms with Gasteiger partial charge in [-0.05, 0) is 42.0 Å². The molecule has 2 heterocycles. The summed E-state index contributed by atoms with van der Waals surface area (Å²) in [6, 6.07) is 14.9. The van der Waals surface area contributed by atoms with Crippen molar-refractivity contribution >= 4 is 51.5 Å². The highest BCUT2D eigenvalue weighted by Gasteiger charge is 2.36. The molecule has 33 heavy (non-hydrogen) atoms. The number of imide groups is 1. The van der Waals surface area contributed by atoms with Crippen LogP contribution in [0.25, 0.3) is 17.0 Å². The summed E-state index contributed by atoms with van der Waals surface area (Å²) in [7, 11) is 1.59. The van der Waals surface area contributed by atoms with E-state index in [0.717, 1.165) is 40.2 Å². The van der Waals surface area contributed by atoms with Gasteiger partial charge in [-0.15, -0.1) is 0 Å². The molecule has 1 N–H and O–H groups in total. The third-order valence-corrected chi connectivity index (χ3v) is 6.30. The molecule has 0 aliphatic carbocycles. The van der Waals surface area contributed by atoms with Gasteiger partial charge in [0.15, 0.2) is 0 Å². The van der Waals surface area contributed by atoms with Gasteiger partial charge in [0.25, 0.3) is 11.1 Å². The van der Waals surface area contributed by atoms with Crippen molar-refractivity contribution in [2.75, 3.05) is 25.2 Å². The summed E-state index contributed by atoms with van der Waals surface area (Å²) in [6.07, 6.45) is 4.42. The number of hydrogen-bond donors (Lipinski definition) is 1. The van der Waals surface area contributed by atoms with Gasteiger partial charge in [-0.2, -0.15) is 0 Å². The van der Waals surface area contributed by atoms with Gasteiger partial charge in [0.2, 0.25) is 5.91 Å². The number of nitrogens with zero attached hydrogens (tertiary/aromatic N) is 2. The van der Waals surface area contributed by atoms with E-state index in [0.29, 0.717) is 23.7 Å². The quantitative estimate of drug-likeness (QED) is 0.400. The van der Waals surface area contributed by atoms with Crippen LogP contribution in [0.4, 0.5) is 10.5 Å². The van der Waals surface area contributed by atoms with Crippen LogP contribution >= 0.6 is 11.8 Å². The van der Waals surface area contributed by atoms with Gasteiger partial charge in [0.1, 0.15) is 6.54 Å². The molecule has 1 saturated heterocycles. The first-order valence-electron chi connectivity index (χ1n) is 10.7. The van der Waals surface area contributed by atoms with Crippen LogP contribution in [0.5, 0.6) is 0 Å². The van der Waals surface area contributed by atoms with Crippen LogP contribution in [0.15, 0.2) is 59.6 Å². The van der Waals surface area contributed by atoms with Gasteiger partial charge in [0, 0.05) is 30.8 Å². The van der Waals surface area contributed by atoms with Gasteiger partial charge in [-0.25, -0.2) is 4.90 Å². The Labute approximate surface area is 196 Å². The Morgan fingerprint density at radius 1 is 1.12 bits per heavy atom. The molecule has 3 aromatic rings. The van der Waals surface area contributed by atoms with Crippen molar-refractivity contribution in [2.24, 2.45) is 0 Å². The topological polar surface area (TPSA) is 80.6 Å². The van der Waals surface area contributed by atoms with E-state index in [4.69, 9.17) is 4.74 Å². The molecule has 1 aliphatic rings. The Balaban J connectivity index is 1.70. The maximum absolute atomic E-state index is 13.0. The summed E-state index contributed by atoms with van der Waals surface area (Å²) in [5, 5.41) is 3.45. The molecule has 3 amide bonds. The molecule has 0 radical (unpaired) electrons. The highest BCUT2D eigenvalue weighted by atomic mass is 32.2. The number of carbonyl (C=O) groups excluding carboxylic acids is 3. The molecule has 8 heteroatoms. The zero-order chi connectivity index (χ0) is 23.4. The number of benzene rings is 2. The number of fused-ring (bicyclic) bond motifs is 1. The van der Waals surface area contributed by atoms with E-state index in [1.165, 1.54) is 4.90 Å². The lowest BCUT2D eigenvalue weighted by Gasteiger charge is -2.11. The number of rotatable bonds is 8. The van der Waals surface area contributed by atoms with Crippen LogP contribution in [0.3, 0.4) is 0 Å². The average molecular weight is 464 g/mol. The van der Waals surface area contributed by atoms with Gasteiger partial charge < -0.3 is 14.6 Å². The highest BCUT2D eigenvalue weighted by molar-refractivity contribution is 8.19. The number of anilines is 1. The Bertz CT molecular complexity index is 1230. The second-order valence-electron chi connectivity index (χ2n) is 7.57. The average Bonchev–Trinajstić information content (AvgIpc) is 3.30. The summed E-state index contributed by atoms with van der Waals surface area (Å²) < 4.78 is 6.90. The Kier molecular flexibility index (Phi) is 6.96. The maximum Gasteiger partial charge on any atom is 0.298 e. The van der Waals surface area contributed by atoms with Crippen molar-refractivity contribution in [3.05, 3.63) is 70.8 Å². The maximum atomic E-state index is 13.0. The van der Waals surface area contributed by atoms with Crippen LogP contribution in [0.2, 0.25) is 0 Å². The van der Waals surface area contributed by atoms with E-state index in [2.05, 4.69) is 12.2 Å². The minimum atomic E-state index is -0.346. The van der Waals surface area contributed by atoms with Gasteiger partial charge in [-0.1, -0.05) is 43.3 Å². The number of ether oxygens (including phenoxy) is 1. The lowest BCUT2D eigenvalue weighted by Crippen LogP contribution is -2.30. The van der Waals surface area contributed by atoms with Crippen molar-refractivity contribution in [3.8, 4) is 0 Å². The number of para-hydroxylation sites is 2. The number of aromatic nitrogens is 1. The molecule has 2 aromatic carbocycles. The summed E-state index contributed by atoms with van der Waals surface area (Å²) in [4.78, 5) is 39.6. The highest BCUT2D eigenvalue weighted by Crippen LogP contribution is 2.37. The Morgan fingerprint density at radius 2 is 1.91 bits per heavy atom. The smallest absolute Gasteiger partial charge is 0.298 e. The number of methoxy groups -OCH3 is 1. The third kappa shape index (κ3) is 4.72. The Morgan fingerprint density at radius 3 is 2.64 bits per heavy atom. The molecule has 0 atom stereocenters. The molecule has 1 aromatic heterocycles. The summed E-state index contributed by atoms with van der Waals surface area (Å²) >= 11 is 0.923. The zero-order valence-corrected chi connectivity index (χ0v) is 19.4. The first-order chi connectivity index (χ1) is 16.0. The van der Waals surface area contributed by atoms with Crippen molar-refractivity contribution in [2.45, 2.75) is 19.9 Å². The minimum absolute atomic E-state index is 0.120. The van der Waals surface area contributed by atoms with E-state index < -0.39 is 0 Å². The van der Waals surface area contributed by atoms with E-state index >= 15 is 0 Å². The van der Waals surface area contributed by atoms with Crippen molar-refractivity contribution in [3.63, 3.8) is 0 Å².